The zero-order chi connectivity index (χ0) is 16.1. The molecule has 0 fully saturated rings. The van der Waals surface area contributed by atoms with E-state index in [1.165, 1.54) is 36.4 Å². The first-order valence-corrected chi connectivity index (χ1v) is 6.32. The Kier molecular flexibility index (Phi) is 4.57. The summed E-state index contributed by atoms with van der Waals surface area (Å²) in [6.07, 6.45) is 0. The summed E-state index contributed by atoms with van der Waals surface area (Å²) in [6, 6.07) is 10.9. The standard InChI is InChI=1S/C15H12FN3O3/c1-10(11-4-8-14(9-5-11)19(21)22)17-18-15(20)12-2-6-13(16)7-3-12/h2-9H,1H3,(H,18,20)/b17-10-. The Morgan fingerprint density at radius 3 is 2.18 bits per heavy atom. The van der Waals surface area contributed by atoms with Crippen LogP contribution >= 0.6 is 0 Å². The number of rotatable bonds is 4. The van der Waals surface area contributed by atoms with Crippen LogP contribution in [0.5, 0.6) is 0 Å². The fourth-order valence-electron chi connectivity index (χ4n) is 1.69. The molecule has 0 saturated carbocycles. The Bertz CT molecular complexity index is 725. The van der Waals surface area contributed by atoms with E-state index in [9.17, 15) is 19.3 Å². The maximum atomic E-state index is 12.8. The molecule has 0 aliphatic heterocycles. The van der Waals surface area contributed by atoms with Crippen molar-refractivity contribution in [1.29, 1.82) is 0 Å². The van der Waals surface area contributed by atoms with E-state index < -0.39 is 16.6 Å². The van der Waals surface area contributed by atoms with Crippen molar-refractivity contribution in [1.82, 2.24) is 5.43 Å². The molecule has 0 atom stereocenters. The second-order valence-electron chi connectivity index (χ2n) is 4.45. The molecule has 6 nitrogen and oxygen atoms in total. The van der Waals surface area contributed by atoms with E-state index in [2.05, 4.69) is 10.5 Å². The predicted octanol–water partition coefficient (Wildman–Crippen LogP) is 2.89. The lowest BCUT2D eigenvalue weighted by Gasteiger charge is -2.03. The number of nitrogens with zero attached hydrogens (tertiary/aromatic N) is 2. The highest BCUT2D eigenvalue weighted by atomic mass is 19.1. The minimum atomic E-state index is -0.493. The summed E-state index contributed by atoms with van der Waals surface area (Å²) in [7, 11) is 0. The van der Waals surface area contributed by atoms with Gasteiger partial charge in [-0.2, -0.15) is 5.10 Å². The fraction of sp³-hybridized carbons (Fsp3) is 0.0667. The number of halogens is 1. The summed E-state index contributed by atoms with van der Waals surface area (Å²) < 4.78 is 12.8. The van der Waals surface area contributed by atoms with E-state index in [1.54, 1.807) is 19.1 Å². The zero-order valence-corrected chi connectivity index (χ0v) is 11.6. The van der Waals surface area contributed by atoms with E-state index in [0.717, 1.165) is 0 Å². The third kappa shape index (κ3) is 3.72. The molecule has 0 unspecified atom stereocenters. The van der Waals surface area contributed by atoms with E-state index in [4.69, 9.17) is 0 Å². The lowest BCUT2D eigenvalue weighted by atomic mass is 10.1. The van der Waals surface area contributed by atoms with Crippen LogP contribution in [-0.2, 0) is 0 Å². The molecule has 0 bridgehead atoms. The van der Waals surface area contributed by atoms with Gasteiger partial charge < -0.3 is 0 Å². The molecule has 2 rings (SSSR count). The monoisotopic (exact) mass is 301 g/mol. The molecule has 0 spiro atoms. The van der Waals surface area contributed by atoms with Crippen molar-refractivity contribution < 1.29 is 14.1 Å². The van der Waals surface area contributed by atoms with E-state index in [1.807, 2.05) is 0 Å². The maximum absolute atomic E-state index is 12.8. The van der Waals surface area contributed by atoms with Crippen LogP contribution < -0.4 is 5.43 Å². The van der Waals surface area contributed by atoms with Gasteiger partial charge in [-0.3, -0.25) is 14.9 Å². The smallest absolute Gasteiger partial charge is 0.267 e. The topological polar surface area (TPSA) is 84.6 Å². The summed E-state index contributed by atoms with van der Waals surface area (Å²) in [4.78, 5) is 21.9. The molecule has 1 N–H and O–H groups in total. The number of non-ortho nitro benzene ring substituents is 1. The molecule has 0 heterocycles. The molecule has 22 heavy (non-hydrogen) atoms. The van der Waals surface area contributed by atoms with Gasteiger partial charge in [0.15, 0.2) is 0 Å². The average Bonchev–Trinajstić information content (AvgIpc) is 2.53. The highest BCUT2D eigenvalue weighted by Crippen LogP contribution is 2.12. The van der Waals surface area contributed by atoms with Gasteiger partial charge in [-0.25, -0.2) is 9.82 Å². The van der Waals surface area contributed by atoms with Crippen LogP contribution in [0.3, 0.4) is 0 Å². The lowest BCUT2D eigenvalue weighted by molar-refractivity contribution is -0.384. The van der Waals surface area contributed by atoms with Crippen LogP contribution in [-0.4, -0.2) is 16.5 Å². The molecule has 1 amide bonds. The number of nitrogens with one attached hydrogen (secondary N) is 1. The average molecular weight is 301 g/mol. The molecule has 0 aliphatic rings. The summed E-state index contributed by atoms with van der Waals surface area (Å²) in [5.41, 5.74) is 3.74. The van der Waals surface area contributed by atoms with Crippen molar-refractivity contribution in [3.05, 3.63) is 75.6 Å². The van der Waals surface area contributed by atoms with E-state index in [0.29, 0.717) is 11.3 Å². The van der Waals surface area contributed by atoms with Gasteiger partial charge in [0.25, 0.3) is 11.6 Å². The molecule has 2 aromatic rings. The van der Waals surface area contributed by atoms with Gasteiger partial charge in [-0.05, 0) is 48.9 Å². The number of carbonyl (C=O) groups excluding carboxylic acids is 1. The quantitative estimate of drug-likeness (QED) is 0.535. The van der Waals surface area contributed by atoms with Crippen molar-refractivity contribution in [2.24, 2.45) is 5.10 Å². The molecule has 7 heteroatoms. The van der Waals surface area contributed by atoms with Crippen LogP contribution in [0.25, 0.3) is 0 Å². The first-order valence-electron chi connectivity index (χ1n) is 6.32. The Hall–Kier alpha value is -3.09. The van der Waals surface area contributed by atoms with Crippen molar-refractivity contribution in [3.8, 4) is 0 Å². The summed E-state index contributed by atoms with van der Waals surface area (Å²) >= 11 is 0. The van der Waals surface area contributed by atoms with Crippen LogP contribution in [0.4, 0.5) is 10.1 Å². The number of hydrogen-bond acceptors (Lipinski definition) is 4. The normalized spacial score (nSPS) is 11.1. The number of nitro groups is 1. The van der Waals surface area contributed by atoms with Gasteiger partial charge in [0.2, 0.25) is 0 Å². The Morgan fingerprint density at radius 1 is 1.09 bits per heavy atom. The third-order valence-corrected chi connectivity index (χ3v) is 2.93. The Labute approximate surface area is 125 Å². The summed E-state index contributed by atoms with van der Waals surface area (Å²) in [6.45, 7) is 1.66. The minimum Gasteiger partial charge on any atom is -0.267 e. The molecule has 2 aromatic carbocycles. The molecular weight excluding hydrogens is 289 g/mol. The Balaban J connectivity index is 2.07. The van der Waals surface area contributed by atoms with Crippen molar-refractivity contribution in [2.75, 3.05) is 0 Å². The highest BCUT2D eigenvalue weighted by molar-refractivity contribution is 6.00. The van der Waals surface area contributed by atoms with Crippen LogP contribution in [0, 0.1) is 15.9 Å². The van der Waals surface area contributed by atoms with Gasteiger partial charge in [-0.15, -0.1) is 0 Å². The van der Waals surface area contributed by atoms with E-state index in [-0.39, 0.29) is 11.3 Å². The molecular formula is C15H12FN3O3. The van der Waals surface area contributed by atoms with Gasteiger partial charge in [0.1, 0.15) is 5.82 Å². The number of nitro benzene ring substituents is 1. The first kappa shape index (κ1) is 15.3. The van der Waals surface area contributed by atoms with Gasteiger partial charge in [0.05, 0.1) is 10.6 Å². The molecule has 0 aromatic heterocycles. The second-order valence-corrected chi connectivity index (χ2v) is 4.45. The van der Waals surface area contributed by atoms with Crippen LogP contribution in [0.1, 0.15) is 22.8 Å². The zero-order valence-electron chi connectivity index (χ0n) is 11.6. The van der Waals surface area contributed by atoms with Crippen LogP contribution in [0.2, 0.25) is 0 Å². The molecule has 0 radical (unpaired) electrons. The van der Waals surface area contributed by atoms with Gasteiger partial charge in [-0.1, -0.05) is 0 Å². The van der Waals surface area contributed by atoms with Crippen molar-refractivity contribution in [2.45, 2.75) is 6.92 Å². The maximum Gasteiger partial charge on any atom is 0.271 e. The summed E-state index contributed by atoms with van der Waals surface area (Å²) in [5, 5.41) is 14.5. The molecule has 112 valence electrons. The predicted molar refractivity (Wildman–Crippen MR) is 79.2 cm³/mol. The number of amides is 1. The number of hydrogen-bond donors (Lipinski definition) is 1. The van der Waals surface area contributed by atoms with Crippen LogP contribution in [0.15, 0.2) is 53.6 Å². The third-order valence-electron chi connectivity index (χ3n) is 2.93. The second kappa shape index (κ2) is 6.57. The van der Waals surface area contributed by atoms with Crippen molar-refractivity contribution >= 4 is 17.3 Å². The molecule has 0 aliphatic carbocycles. The minimum absolute atomic E-state index is 0.0214. The molecule has 0 saturated heterocycles. The number of benzene rings is 2. The van der Waals surface area contributed by atoms with Crippen molar-refractivity contribution in [3.63, 3.8) is 0 Å². The first-order chi connectivity index (χ1) is 10.5. The van der Waals surface area contributed by atoms with Gasteiger partial charge >= 0.3 is 0 Å². The fourth-order valence-corrected chi connectivity index (χ4v) is 1.69. The van der Waals surface area contributed by atoms with Gasteiger partial charge in [0, 0.05) is 17.7 Å². The van der Waals surface area contributed by atoms with E-state index >= 15 is 0 Å². The largest absolute Gasteiger partial charge is 0.271 e. The number of hydrazone groups is 1. The highest BCUT2D eigenvalue weighted by Gasteiger charge is 2.07. The summed E-state index contributed by atoms with van der Waals surface area (Å²) in [5.74, 6) is -0.900. The number of carbonyl (C=O) groups is 1. The Morgan fingerprint density at radius 2 is 1.64 bits per heavy atom. The SMILES string of the molecule is C/C(=N/NC(=O)c1ccc(F)cc1)c1ccc([N+](=O)[O-])cc1. The lowest BCUT2D eigenvalue weighted by Crippen LogP contribution is -2.19.